The van der Waals surface area contributed by atoms with Gasteiger partial charge in [-0.2, -0.15) is 4.98 Å². The molecule has 0 saturated heterocycles. The first-order chi connectivity index (χ1) is 13.0. The summed E-state index contributed by atoms with van der Waals surface area (Å²) in [4.78, 5) is 25.1. The third-order valence-corrected chi connectivity index (χ3v) is 4.08. The van der Waals surface area contributed by atoms with Crippen molar-refractivity contribution < 1.29 is 9.21 Å². The van der Waals surface area contributed by atoms with Gasteiger partial charge < -0.3 is 14.7 Å². The van der Waals surface area contributed by atoms with E-state index in [0.717, 1.165) is 10.6 Å². The second-order valence-electron chi connectivity index (χ2n) is 6.07. The predicted octanol–water partition coefficient (Wildman–Crippen LogP) is 1.66. The monoisotopic (exact) mass is 363 g/mol. The Morgan fingerprint density at radius 3 is 2.85 bits per heavy atom. The first kappa shape index (κ1) is 16.7. The van der Waals surface area contributed by atoms with Gasteiger partial charge in [0.2, 0.25) is 5.95 Å². The van der Waals surface area contributed by atoms with E-state index in [0.29, 0.717) is 34.7 Å². The molecule has 0 saturated carbocycles. The number of carbonyl (C=O) groups is 1. The zero-order chi connectivity index (χ0) is 19.0. The van der Waals surface area contributed by atoms with Gasteiger partial charge in [0.25, 0.3) is 5.91 Å². The van der Waals surface area contributed by atoms with Crippen LogP contribution < -0.4 is 11.6 Å². The number of fused-ring (bicyclic) bond motifs is 1. The minimum atomic E-state index is -0.265. The number of furan rings is 1. The maximum Gasteiger partial charge on any atom is 0.267 e. The molecule has 0 fully saturated rings. The van der Waals surface area contributed by atoms with Crippen LogP contribution in [0.25, 0.3) is 22.6 Å². The number of hydrogen-bond donors (Lipinski definition) is 2. The molecule has 4 aromatic rings. The highest BCUT2D eigenvalue weighted by atomic mass is 16.3. The number of amides is 1. The summed E-state index contributed by atoms with van der Waals surface area (Å²) in [6.45, 7) is 0.458. The third-order valence-electron chi connectivity index (χ3n) is 4.08. The Bertz CT molecular complexity index is 1120. The van der Waals surface area contributed by atoms with Gasteiger partial charge in [-0.05, 0) is 29.8 Å². The van der Waals surface area contributed by atoms with Crippen molar-refractivity contribution in [3.63, 3.8) is 0 Å². The van der Waals surface area contributed by atoms with Crippen LogP contribution in [0.1, 0.15) is 15.9 Å². The summed E-state index contributed by atoms with van der Waals surface area (Å²) in [5, 5.41) is 1.05. The number of nitrogens with two attached hydrogens (primary N) is 2. The van der Waals surface area contributed by atoms with Crippen LogP contribution in [-0.4, -0.2) is 37.5 Å². The molecule has 1 amide bonds. The van der Waals surface area contributed by atoms with Gasteiger partial charge in [-0.25, -0.2) is 15.8 Å². The standard InChI is InChI=1S/C18H17N7O2/c1-24(20)17(26)12-5-2-4-11(8-12)9-25-10-21-15-14(13-6-3-7-27-13)22-18(19)23-16(15)25/h2-8,10H,9,20H2,1H3,(H2,19,22,23). The summed E-state index contributed by atoms with van der Waals surface area (Å²) in [5.74, 6) is 5.97. The quantitative estimate of drug-likeness (QED) is 0.320. The largest absolute Gasteiger partial charge is 0.463 e. The molecule has 4 N–H and O–H groups in total. The summed E-state index contributed by atoms with van der Waals surface area (Å²) in [7, 11) is 1.51. The normalized spacial score (nSPS) is 11.0. The molecule has 27 heavy (non-hydrogen) atoms. The lowest BCUT2D eigenvalue weighted by Crippen LogP contribution is -2.33. The number of nitrogen functional groups attached to an aromatic ring is 1. The lowest BCUT2D eigenvalue weighted by atomic mass is 10.1. The second kappa shape index (κ2) is 6.54. The van der Waals surface area contributed by atoms with E-state index in [4.69, 9.17) is 16.0 Å². The van der Waals surface area contributed by atoms with Crippen LogP contribution in [0.5, 0.6) is 0 Å². The summed E-state index contributed by atoms with van der Waals surface area (Å²) >= 11 is 0. The number of imidazole rings is 1. The molecule has 0 atom stereocenters. The fraction of sp³-hybridized carbons (Fsp3) is 0.111. The maximum atomic E-state index is 12.1. The van der Waals surface area contributed by atoms with E-state index in [1.54, 1.807) is 36.9 Å². The molecule has 0 bridgehead atoms. The highest BCUT2D eigenvalue weighted by molar-refractivity contribution is 5.93. The van der Waals surface area contributed by atoms with Crippen LogP contribution in [0.3, 0.4) is 0 Å². The van der Waals surface area contributed by atoms with E-state index in [-0.39, 0.29) is 11.9 Å². The van der Waals surface area contributed by atoms with Crippen molar-refractivity contribution >= 4 is 23.0 Å². The lowest BCUT2D eigenvalue weighted by Gasteiger charge is -2.11. The van der Waals surface area contributed by atoms with Gasteiger partial charge in [-0.3, -0.25) is 9.80 Å². The summed E-state index contributed by atoms with van der Waals surface area (Å²) in [5.41, 5.74) is 9.00. The van der Waals surface area contributed by atoms with Crippen LogP contribution >= 0.6 is 0 Å². The molecule has 3 aromatic heterocycles. The molecule has 4 rings (SSSR count). The number of hydrogen-bond acceptors (Lipinski definition) is 7. The van der Waals surface area contributed by atoms with E-state index in [1.165, 1.54) is 7.05 Å². The topological polar surface area (TPSA) is 129 Å². The second-order valence-corrected chi connectivity index (χ2v) is 6.07. The molecular weight excluding hydrogens is 346 g/mol. The molecule has 0 unspecified atom stereocenters. The number of rotatable bonds is 4. The maximum absolute atomic E-state index is 12.1. The van der Waals surface area contributed by atoms with Crippen molar-refractivity contribution in [3.8, 4) is 11.5 Å². The zero-order valence-corrected chi connectivity index (χ0v) is 14.5. The predicted molar refractivity (Wildman–Crippen MR) is 99.3 cm³/mol. The van der Waals surface area contributed by atoms with Crippen molar-refractivity contribution in [3.05, 3.63) is 60.1 Å². The first-order valence-corrected chi connectivity index (χ1v) is 8.17. The Morgan fingerprint density at radius 2 is 2.11 bits per heavy atom. The third kappa shape index (κ3) is 3.11. The van der Waals surface area contributed by atoms with Gasteiger partial charge in [0.1, 0.15) is 11.2 Å². The molecule has 0 aliphatic heterocycles. The molecular formula is C18H17N7O2. The molecule has 9 heteroatoms. The molecule has 0 aliphatic carbocycles. The van der Waals surface area contributed by atoms with Gasteiger partial charge in [0.05, 0.1) is 19.1 Å². The SMILES string of the molecule is CN(N)C(=O)c1cccc(Cn2cnc3c(-c4ccco4)nc(N)nc32)c1. The molecule has 0 radical (unpaired) electrons. The fourth-order valence-corrected chi connectivity index (χ4v) is 2.86. The summed E-state index contributed by atoms with van der Waals surface area (Å²) < 4.78 is 7.27. The van der Waals surface area contributed by atoms with Crippen molar-refractivity contribution in [2.24, 2.45) is 5.84 Å². The number of carbonyl (C=O) groups excluding carboxylic acids is 1. The summed E-state index contributed by atoms with van der Waals surface area (Å²) in [6.07, 6.45) is 3.22. The van der Waals surface area contributed by atoms with E-state index in [9.17, 15) is 4.79 Å². The van der Waals surface area contributed by atoms with E-state index < -0.39 is 0 Å². The highest BCUT2D eigenvalue weighted by Crippen LogP contribution is 2.26. The molecule has 0 aliphatic rings. The van der Waals surface area contributed by atoms with E-state index in [2.05, 4.69) is 15.0 Å². The Balaban J connectivity index is 1.74. The van der Waals surface area contributed by atoms with Crippen molar-refractivity contribution in [1.82, 2.24) is 24.5 Å². The fourth-order valence-electron chi connectivity index (χ4n) is 2.86. The van der Waals surface area contributed by atoms with Gasteiger partial charge in [0, 0.05) is 12.6 Å². The van der Waals surface area contributed by atoms with Crippen LogP contribution in [0.4, 0.5) is 5.95 Å². The van der Waals surface area contributed by atoms with Crippen LogP contribution in [0.2, 0.25) is 0 Å². The highest BCUT2D eigenvalue weighted by Gasteiger charge is 2.16. The van der Waals surface area contributed by atoms with Crippen LogP contribution in [0, 0.1) is 0 Å². The number of hydrazine groups is 1. The first-order valence-electron chi connectivity index (χ1n) is 8.17. The molecule has 0 spiro atoms. The van der Waals surface area contributed by atoms with Crippen LogP contribution in [-0.2, 0) is 6.54 Å². The Hall–Kier alpha value is -3.72. The van der Waals surface area contributed by atoms with Gasteiger partial charge in [0.15, 0.2) is 11.4 Å². The smallest absolute Gasteiger partial charge is 0.267 e. The Labute approximate surface area is 154 Å². The Kier molecular flexibility index (Phi) is 4.05. The molecule has 3 heterocycles. The minimum Gasteiger partial charge on any atom is -0.463 e. The number of anilines is 1. The zero-order valence-electron chi connectivity index (χ0n) is 14.5. The van der Waals surface area contributed by atoms with Gasteiger partial charge in [-0.15, -0.1) is 0 Å². The van der Waals surface area contributed by atoms with Gasteiger partial charge in [-0.1, -0.05) is 12.1 Å². The van der Waals surface area contributed by atoms with E-state index >= 15 is 0 Å². The lowest BCUT2D eigenvalue weighted by molar-refractivity contribution is 0.0795. The van der Waals surface area contributed by atoms with Crippen molar-refractivity contribution in [1.29, 1.82) is 0 Å². The van der Waals surface area contributed by atoms with Gasteiger partial charge >= 0.3 is 0 Å². The average molecular weight is 363 g/mol. The van der Waals surface area contributed by atoms with Crippen molar-refractivity contribution in [2.75, 3.05) is 12.8 Å². The molecule has 1 aromatic carbocycles. The van der Waals surface area contributed by atoms with Crippen LogP contribution in [0.15, 0.2) is 53.4 Å². The number of benzene rings is 1. The summed E-state index contributed by atoms with van der Waals surface area (Å²) in [6, 6.07) is 10.8. The number of nitrogens with zero attached hydrogens (tertiary/aromatic N) is 5. The molecule has 136 valence electrons. The number of aromatic nitrogens is 4. The van der Waals surface area contributed by atoms with E-state index in [1.807, 2.05) is 16.7 Å². The molecule has 9 nitrogen and oxygen atoms in total. The Morgan fingerprint density at radius 1 is 1.26 bits per heavy atom. The minimum absolute atomic E-state index is 0.129. The van der Waals surface area contributed by atoms with Crippen molar-refractivity contribution in [2.45, 2.75) is 6.54 Å². The average Bonchev–Trinajstić information content (AvgIpc) is 3.31.